The fourth-order valence-electron chi connectivity index (χ4n) is 4.33. The van der Waals surface area contributed by atoms with E-state index >= 15 is 0 Å². The Morgan fingerprint density at radius 3 is 2.07 bits per heavy atom. The molecule has 0 amide bonds. The molecule has 0 radical (unpaired) electrons. The summed E-state index contributed by atoms with van der Waals surface area (Å²) in [5, 5.41) is 22.2. The van der Waals surface area contributed by atoms with E-state index in [9.17, 15) is 14.6 Å². The first-order valence-electron chi connectivity index (χ1n) is 9.64. The Morgan fingerprint density at radius 2 is 1.50 bits per heavy atom. The van der Waals surface area contributed by atoms with Gasteiger partial charge in [0.25, 0.3) is 0 Å². The third kappa shape index (κ3) is 3.30. The van der Waals surface area contributed by atoms with Gasteiger partial charge < -0.3 is 10.2 Å². The van der Waals surface area contributed by atoms with Crippen LogP contribution in [0.2, 0.25) is 0 Å². The molecule has 0 aromatic heterocycles. The number of aromatic hydroxyl groups is 1. The lowest BCUT2D eigenvalue weighted by molar-refractivity contribution is -0.00703. The van der Waals surface area contributed by atoms with Crippen LogP contribution in [0.1, 0.15) is 29.5 Å². The molecule has 1 fully saturated rings. The Hall–Kier alpha value is -2.69. The molecule has 1 saturated heterocycles. The number of phenolic OH excluding ortho intramolecular Hbond substituents is 1. The minimum Gasteiger partial charge on any atom is -0.508 e. The van der Waals surface area contributed by atoms with Crippen LogP contribution in [0.15, 0.2) is 78.9 Å². The number of hydrogen-bond donors (Lipinski definition) is 2. The molecular formula is C24H24FNO2. The van der Waals surface area contributed by atoms with Gasteiger partial charge in [-0.15, -0.1) is 0 Å². The number of aliphatic hydroxyl groups is 1. The van der Waals surface area contributed by atoms with E-state index in [1.54, 1.807) is 0 Å². The smallest absolute Gasteiger partial charge is 0.131 e. The Balaban J connectivity index is 1.76. The van der Waals surface area contributed by atoms with Gasteiger partial charge in [-0.2, -0.15) is 0 Å². The van der Waals surface area contributed by atoms with Gasteiger partial charge in [0.2, 0.25) is 0 Å². The van der Waals surface area contributed by atoms with E-state index < -0.39 is 11.4 Å². The highest BCUT2D eigenvalue weighted by atomic mass is 19.1. The SMILES string of the molecule is Oc1cccc(F)c1CN1CCC[C@H]1C(O)(c1ccccc1)c1ccccc1. The molecule has 3 aromatic carbocycles. The summed E-state index contributed by atoms with van der Waals surface area (Å²) in [6.07, 6.45) is 1.69. The predicted molar refractivity (Wildman–Crippen MR) is 107 cm³/mol. The lowest BCUT2D eigenvalue weighted by Gasteiger charge is -2.40. The highest BCUT2D eigenvalue weighted by Crippen LogP contribution is 2.41. The normalized spacial score (nSPS) is 17.7. The highest BCUT2D eigenvalue weighted by molar-refractivity contribution is 5.39. The average molecular weight is 377 g/mol. The van der Waals surface area contributed by atoms with Gasteiger partial charge in [-0.1, -0.05) is 66.7 Å². The monoisotopic (exact) mass is 377 g/mol. The van der Waals surface area contributed by atoms with Crippen LogP contribution in [0.4, 0.5) is 4.39 Å². The van der Waals surface area contributed by atoms with E-state index in [-0.39, 0.29) is 23.9 Å². The molecule has 4 heteroatoms. The van der Waals surface area contributed by atoms with Crippen molar-refractivity contribution in [3.8, 4) is 5.75 Å². The van der Waals surface area contributed by atoms with Crippen molar-refractivity contribution in [3.05, 3.63) is 101 Å². The van der Waals surface area contributed by atoms with E-state index in [0.717, 1.165) is 30.5 Å². The number of benzene rings is 3. The molecule has 1 aliphatic heterocycles. The van der Waals surface area contributed by atoms with Crippen LogP contribution in [-0.2, 0) is 12.1 Å². The zero-order valence-electron chi connectivity index (χ0n) is 15.6. The summed E-state index contributed by atoms with van der Waals surface area (Å²) in [5.41, 5.74) is 0.685. The summed E-state index contributed by atoms with van der Waals surface area (Å²) in [6.45, 7) is 0.992. The van der Waals surface area contributed by atoms with Gasteiger partial charge >= 0.3 is 0 Å². The van der Waals surface area contributed by atoms with Gasteiger partial charge in [0, 0.05) is 18.2 Å². The van der Waals surface area contributed by atoms with Gasteiger partial charge in [-0.05, 0) is 42.6 Å². The minimum absolute atomic E-state index is 0.0476. The Bertz CT molecular complexity index is 870. The second-order valence-electron chi connectivity index (χ2n) is 7.36. The first-order valence-corrected chi connectivity index (χ1v) is 9.64. The van der Waals surface area contributed by atoms with E-state index in [1.165, 1.54) is 18.2 Å². The highest BCUT2D eigenvalue weighted by Gasteiger charge is 2.45. The summed E-state index contributed by atoms with van der Waals surface area (Å²) < 4.78 is 14.3. The number of halogens is 1. The van der Waals surface area contributed by atoms with Gasteiger partial charge in [-0.25, -0.2) is 4.39 Å². The molecule has 0 bridgehead atoms. The third-order valence-corrected chi connectivity index (χ3v) is 5.73. The van der Waals surface area contributed by atoms with Crippen LogP contribution in [0.3, 0.4) is 0 Å². The van der Waals surface area contributed by atoms with Crippen LogP contribution in [0, 0.1) is 5.82 Å². The lowest BCUT2D eigenvalue weighted by atomic mass is 9.79. The van der Waals surface area contributed by atoms with Gasteiger partial charge in [-0.3, -0.25) is 4.90 Å². The summed E-state index contributed by atoms with van der Waals surface area (Å²) in [4.78, 5) is 2.08. The Morgan fingerprint density at radius 1 is 0.893 bits per heavy atom. The fraction of sp³-hybridized carbons (Fsp3) is 0.250. The average Bonchev–Trinajstić information content (AvgIpc) is 3.20. The van der Waals surface area contributed by atoms with Crippen molar-refractivity contribution in [3.63, 3.8) is 0 Å². The first-order chi connectivity index (χ1) is 13.6. The number of likely N-dealkylation sites (tertiary alicyclic amines) is 1. The van der Waals surface area contributed by atoms with Crippen molar-refractivity contribution >= 4 is 0 Å². The van der Waals surface area contributed by atoms with Crippen molar-refractivity contribution in [2.24, 2.45) is 0 Å². The number of nitrogens with zero attached hydrogens (tertiary/aromatic N) is 1. The van der Waals surface area contributed by atoms with Crippen molar-refractivity contribution < 1.29 is 14.6 Å². The Labute approximate surface area is 164 Å². The number of hydrogen-bond acceptors (Lipinski definition) is 3. The van der Waals surface area contributed by atoms with Crippen LogP contribution in [0.5, 0.6) is 5.75 Å². The van der Waals surface area contributed by atoms with Crippen molar-refractivity contribution in [1.29, 1.82) is 0 Å². The topological polar surface area (TPSA) is 43.7 Å². The molecule has 0 aliphatic carbocycles. The second-order valence-corrected chi connectivity index (χ2v) is 7.36. The van der Waals surface area contributed by atoms with Crippen LogP contribution in [0.25, 0.3) is 0 Å². The van der Waals surface area contributed by atoms with E-state index in [1.807, 2.05) is 60.7 Å². The van der Waals surface area contributed by atoms with Gasteiger partial charge in [0.1, 0.15) is 17.2 Å². The Kier molecular flexibility index (Phi) is 5.16. The van der Waals surface area contributed by atoms with Crippen LogP contribution >= 0.6 is 0 Å². The zero-order valence-corrected chi connectivity index (χ0v) is 15.6. The molecule has 3 aromatic rings. The largest absolute Gasteiger partial charge is 0.508 e. The molecule has 0 spiro atoms. The standard InChI is InChI=1S/C24H24FNO2/c25-21-13-7-14-22(27)20(21)17-26-16-8-15-23(26)24(28,18-9-3-1-4-10-18)19-11-5-2-6-12-19/h1-7,9-14,23,27-28H,8,15-17H2/t23-/m0/s1. The van der Waals surface area contributed by atoms with E-state index in [2.05, 4.69) is 4.90 Å². The van der Waals surface area contributed by atoms with E-state index in [0.29, 0.717) is 0 Å². The quantitative estimate of drug-likeness (QED) is 0.691. The molecule has 3 nitrogen and oxygen atoms in total. The maximum absolute atomic E-state index is 14.3. The summed E-state index contributed by atoms with van der Waals surface area (Å²) in [5.74, 6) is -0.470. The first kappa shape index (κ1) is 18.7. The van der Waals surface area contributed by atoms with Crippen molar-refractivity contribution in [1.82, 2.24) is 4.90 Å². The van der Waals surface area contributed by atoms with Crippen LogP contribution < -0.4 is 0 Å². The minimum atomic E-state index is -1.22. The molecule has 1 heterocycles. The third-order valence-electron chi connectivity index (χ3n) is 5.73. The molecular weight excluding hydrogens is 353 g/mol. The summed E-state index contributed by atoms with van der Waals surface area (Å²) in [7, 11) is 0. The summed E-state index contributed by atoms with van der Waals surface area (Å²) >= 11 is 0. The number of rotatable bonds is 5. The predicted octanol–water partition coefficient (Wildman–Crippen LogP) is 4.43. The molecule has 2 N–H and O–H groups in total. The lowest BCUT2D eigenvalue weighted by Crippen LogP contribution is -2.48. The van der Waals surface area contributed by atoms with Gasteiger partial charge in [0.05, 0.1) is 0 Å². The van der Waals surface area contributed by atoms with Crippen molar-refractivity contribution in [2.75, 3.05) is 6.54 Å². The van der Waals surface area contributed by atoms with Gasteiger partial charge in [0.15, 0.2) is 0 Å². The molecule has 1 atom stereocenters. The fourth-order valence-corrected chi connectivity index (χ4v) is 4.33. The number of phenols is 1. The van der Waals surface area contributed by atoms with Crippen molar-refractivity contribution in [2.45, 2.75) is 31.0 Å². The summed E-state index contributed by atoms with van der Waals surface area (Å²) in [6, 6.07) is 23.4. The molecule has 4 rings (SSSR count). The molecule has 28 heavy (non-hydrogen) atoms. The maximum atomic E-state index is 14.3. The molecule has 144 valence electrons. The van der Waals surface area contributed by atoms with E-state index in [4.69, 9.17) is 0 Å². The molecule has 0 unspecified atom stereocenters. The second kappa shape index (κ2) is 7.74. The maximum Gasteiger partial charge on any atom is 0.131 e. The molecule has 1 aliphatic rings. The zero-order chi connectivity index (χ0) is 19.6. The van der Waals surface area contributed by atoms with Crippen LogP contribution in [-0.4, -0.2) is 27.7 Å². The molecule has 0 saturated carbocycles.